The van der Waals surface area contributed by atoms with Gasteiger partial charge < -0.3 is 10.2 Å². The number of anilines is 1. The first kappa shape index (κ1) is 9.45. The molecule has 0 aliphatic heterocycles. The number of hydrogen-bond acceptors (Lipinski definition) is 3. The molecule has 0 unspecified atom stereocenters. The Labute approximate surface area is 80.7 Å². The van der Waals surface area contributed by atoms with Crippen molar-refractivity contribution < 1.29 is 4.74 Å². The fourth-order valence-corrected chi connectivity index (χ4v) is 1.09. The number of rotatable bonds is 3. The Balaban J connectivity index is 2.87. The molecule has 0 aromatic heterocycles. The number of ether oxygens (including phenoxy) is 1. The Kier molecular flexibility index (Phi) is 3.47. The highest BCUT2D eigenvalue weighted by Gasteiger charge is 1.99. The summed E-state index contributed by atoms with van der Waals surface area (Å²) in [6.07, 6.45) is 0. The number of hydrogen-bond donors (Lipinski definition) is 2. The lowest BCUT2D eigenvalue weighted by Crippen LogP contribution is -2.08. The molecule has 0 radical (unpaired) electrons. The van der Waals surface area contributed by atoms with E-state index in [1.807, 2.05) is 0 Å². The van der Waals surface area contributed by atoms with Crippen molar-refractivity contribution in [3.8, 4) is 5.75 Å². The van der Waals surface area contributed by atoms with E-state index >= 15 is 0 Å². The third kappa shape index (κ3) is 2.17. The minimum Gasteiger partial charge on any atom is -0.497 e. The van der Waals surface area contributed by atoms with E-state index < -0.39 is 0 Å². The van der Waals surface area contributed by atoms with Gasteiger partial charge in [-0.05, 0) is 23.9 Å². The van der Waals surface area contributed by atoms with Crippen LogP contribution in [0.1, 0.15) is 0 Å². The van der Waals surface area contributed by atoms with Crippen LogP contribution in [-0.2, 0) is 0 Å². The number of benzene rings is 1. The van der Waals surface area contributed by atoms with Gasteiger partial charge in [-0.3, -0.25) is 0 Å². The molecule has 2 N–H and O–H groups in total. The van der Waals surface area contributed by atoms with E-state index in [2.05, 4.69) is 10.4 Å². The second kappa shape index (κ2) is 4.40. The van der Waals surface area contributed by atoms with Crippen molar-refractivity contribution in [1.29, 1.82) is 0 Å². The normalized spacial score (nSPS) is 9.58. The molecule has 0 spiro atoms. The molecule has 1 aromatic rings. The molecule has 66 valence electrons. The second-order valence-corrected chi connectivity index (χ2v) is 2.66. The van der Waals surface area contributed by atoms with Crippen LogP contribution in [0.3, 0.4) is 0 Å². The van der Waals surface area contributed by atoms with Crippen molar-refractivity contribution in [1.82, 2.24) is 4.94 Å². The molecule has 0 aliphatic rings. The summed E-state index contributed by atoms with van der Waals surface area (Å²) >= 11 is 11.1. The van der Waals surface area contributed by atoms with Gasteiger partial charge in [0.1, 0.15) is 5.75 Å². The zero-order chi connectivity index (χ0) is 8.97. The molecule has 0 amide bonds. The fraction of sp³-hybridized carbons (Fsp3) is 0.143. The van der Waals surface area contributed by atoms with Crippen molar-refractivity contribution in [3.05, 3.63) is 23.2 Å². The van der Waals surface area contributed by atoms with Crippen LogP contribution in [0, 0.1) is 0 Å². The Hall–Kier alpha value is -0.640. The quantitative estimate of drug-likeness (QED) is 0.589. The van der Waals surface area contributed by atoms with E-state index in [4.69, 9.17) is 28.1 Å². The highest BCUT2D eigenvalue weighted by molar-refractivity contribution is 6.33. The van der Waals surface area contributed by atoms with E-state index in [0.717, 1.165) is 0 Å². The van der Waals surface area contributed by atoms with Gasteiger partial charge in [-0.25, -0.2) is 0 Å². The summed E-state index contributed by atoms with van der Waals surface area (Å²) in [6.45, 7) is 0. The zero-order valence-electron chi connectivity index (χ0n) is 6.40. The molecule has 0 saturated carbocycles. The first-order chi connectivity index (χ1) is 5.77. The first-order valence-corrected chi connectivity index (χ1v) is 3.98. The molecule has 1 aromatic carbocycles. The Bertz CT molecular complexity index is 268. The number of methoxy groups -OCH3 is 1. The molecule has 0 heterocycles. The van der Waals surface area contributed by atoms with Crippen molar-refractivity contribution in [3.63, 3.8) is 0 Å². The van der Waals surface area contributed by atoms with E-state index in [0.29, 0.717) is 16.5 Å². The topological polar surface area (TPSA) is 33.3 Å². The van der Waals surface area contributed by atoms with Crippen LogP contribution >= 0.6 is 23.4 Å². The SMILES string of the molecule is COc1ccc(NNCl)c(Cl)c1. The third-order valence-electron chi connectivity index (χ3n) is 1.36. The Morgan fingerprint density at radius 2 is 2.17 bits per heavy atom. The van der Waals surface area contributed by atoms with Gasteiger partial charge in [-0.1, -0.05) is 11.6 Å². The van der Waals surface area contributed by atoms with Gasteiger partial charge in [0.2, 0.25) is 0 Å². The molecule has 12 heavy (non-hydrogen) atoms. The highest BCUT2D eigenvalue weighted by atomic mass is 35.5. The minimum absolute atomic E-state index is 0.544. The summed E-state index contributed by atoms with van der Waals surface area (Å²) < 4.78 is 4.96. The predicted molar refractivity (Wildman–Crippen MR) is 50.6 cm³/mol. The van der Waals surface area contributed by atoms with Crippen LogP contribution in [0.15, 0.2) is 18.2 Å². The summed E-state index contributed by atoms with van der Waals surface area (Å²) in [5, 5.41) is 0.544. The lowest BCUT2D eigenvalue weighted by atomic mass is 10.3. The van der Waals surface area contributed by atoms with E-state index in [1.165, 1.54) is 0 Å². The van der Waals surface area contributed by atoms with Crippen LogP contribution < -0.4 is 15.1 Å². The monoisotopic (exact) mass is 206 g/mol. The number of halogens is 2. The molecule has 3 nitrogen and oxygen atoms in total. The predicted octanol–water partition coefficient (Wildman–Crippen LogP) is 2.42. The molecule has 1 rings (SSSR count). The zero-order valence-corrected chi connectivity index (χ0v) is 7.91. The third-order valence-corrected chi connectivity index (χ3v) is 1.77. The number of nitrogens with one attached hydrogen (secondary N) is 2. The van der Waals surface area contributed by atoms with Gasteiger partial charge in [0.15, 0.2) is 0 Å². The molecule has 0 saturated heterocycles. The second-order valence-electron chi connectivity index (χ2n) is 2.07. The summed E-state index contributed by atoms with van der Waals surface area (Å²) in [7, 11) is 1.58. The van der Waals surface area contributed by atoms with Gasteiger partial charge in [0, 0.05) is 6.07 Å². The molecule has 0 atom stereocenters. The largest absolute Gasteiger partial charge is 0.497 e. The van der Waals surface area contributed by atoms with Crippen molar-refractivity contribution in [2.45, 2.75) is 0 Å². The molecule has 5 heteroatoms. The maximum Gasteiger partial charge on any atom is 0.120 e. The van der Waals surface area contributed by atoms with Crippen molar-refractivity contribution in [2.75, 3.05) is 12.5 Å². The van der Waals surface area contributed by atoms with Crippen LogP contribution in [-0.4, -0.2) is 7.11 Å². The van der Waals surface area contributed by atoms with E-state index in [9.17, 15) is 0 Å². The van der Waals surface area contributed by atoms with Crippen LogP contribution in [0.5, 0.6) is 5.75 Å². The Morgan fingerprint density at radius 3 is 2.67 bits per heavy atom. The highest BCUT2D eigenvalue weighted by Crippen LogP contribution is 2.25. The molecule has 0 aliphatic carbocycles. The standard InChI is InChI=1S/C7H8Cl2N2O/c1-12-5-2-3-7(10-11-9)6(8)4-5/h2-4,10-11H,1H3. The molecular weight excluding hydrogens is 199 g/mol. The first-order valence-electron chi connectivity index (χ1n) is 3.23. The summed E-state index contributed by atoms with van der Waals surface area (Å²) in [6, 6.07) is 5.23. The van der Waals surface area contributed by atoms with Gasteiger partial charge in [-0.15, -0.1) is 4.94 Å². The fourth-order valence-electron chi connectivity index (χ4n) is 0.775. The molecular formula is C7H8Cl2N2O. The number of hydrazine groups is 1. The smallest absolute Gasteiger partial charge is 0.120 e. The van der Waals surface area contributed by atoms with Crippen LogP contribution in [0.25, 0.3) is 0 Å². The lowest BCUT2D eigenvalue weighted by molar-refractivity contribution is 0.415. The molecule has 0 bridgehead atoms. The Morgan fingerprint density at radius 1 is 1.42 bits per heavy atom. The maximum atomic E-state index is 5.85. The summed E-state index contributed by atoms with van der Waals surface area (Å²) in [5.74, 6) is 0.708. The van der Waals surface area contributed by atoms with Crippen molar-refractivity contribution >= 4 is 29.1 Å². The average Bonchev–Trinajstić information content (AvgIpc) is 2.09. The van der Waals surface area contributed by atoms with Crippen molar-refractivity contribution in [2.24, 2.45) is 0 Å². The van der Waals surface area contributed by atoms with E-state index in [1.54, 1.807) is 25.3 Å². The minimum atomic E-state index is 0.544. The van der Waals surface area contributed by atoms with Crippen LogP contribution in [0.2, 0.25) is 5.02 Å². The van der Waals surface area contributed by atoms with E-state index in [-0.39, 0.29) is 0 Å². The maximum absolute atomic E-state index is 5.85. The average molecular weight is 207 g/mol. The lowest BCUT2D eigenvalue weighted by Gasteiger charge is -2.06. The van der Waals surface area contributed by atoms with Crippen LogP contribution in [0.4, 0.5) is 5.69 Å². The molecule has 0 fully saturated rings. The van der Waals surface area contributed by atoms with Gasteiger partial charge in [0.05, 0.1) is 17.8 Å². The summed E-state index contributed by atoms with van der Waals surface area (Å²) in [4.78, 5) is 2.26. The van der Waals surface area contributed by atoms with Gasteiger partial charge in [-0.2, -0.15) is 0 Å². The van der Waals surface area contributed by atoms with Gasteiger partial charge >= 0.3 is 0 Å². The summed E-state index contributed by atoms with van der Waals surface area (Å²) in [5.41, 5.74) is 3.36. The van der Waals surface area contributed by atoms with Gasteiger partial charge in [0.25, 0.3) is 0 Å².